The Hall–Kier alpha value is -2.37. The zero-order valence-electron chi connectivity index (χ0n) is 15.1. The number of carbonyl (C=O) groups excluding carboxylic acids is 1. The smallest absolute Gasteiger partial charge is 0.410 e. The molecule has 1 aliphatic rings. The molecule has 0 radical (unpaired) electrons. The van der Waals surface area contributed by atoms with Gasteiger partial charge in [0.25, 0.3) is 0 Å². The second-order valence-corrected chi connectivity index (χ2v) is 6.55. The van der Waals surface area contributed by atoms with Crippen molar-refractivity contribution >= 4 is 6.09 Å². The third kappa shape index (κ3) is 5.31. The van der Waals surface area contributed by atoms with Gasteiger partial charge in [0.2, 0.25) is 0 Å². The van der Waals surface area contributed by atoms with Gasteiger partial charge in [-0.05, 0) is 18.1 Å². The van der Waals surface area contributed by atoms with E-state index in [9.17, 15) is 4.79 Å². The molecule has 1 fully saturated rings. The average molecular weight is 354 g/mol. The first-order chi connectivity index (χ1) is 12.7. The van der Waals surface area contributed by atoms with Gasteiger partial charge in [-0.1, -0.05) is 60.7 Å². The van der Waals surface area contributed by atoms with Crippen LogP contribution in [0.15, 0.2) is 60.7 Å². The molecule has 2 aromatic carbocycles. The molecule has 0 saturated carbocycles. The van der Waals surface area contributed by atoms with Crippen molar-refractivity contribution in [3.63, 3.8) is 0 Å². The summed E-state index contributed by atoms with van der Waals surface area (Å²) in [4.78, 5) is 14.1. The number of hydrogen-bond donors (Lipinski definition) is 1. The summed E-state index contributed by atoms with van der Waals surface area (Å²) in [5.74, 6) is 0. The molecule has 0 spiro atoms. The third-order valence-electron chi connectivity index (χ3n) is 4.59. The molecule has 0 unspecified atom stereocenters. The molecule has 1 aliphatic heterocycles. The van der Waals surface area contributed by atoms with Crippen molar-refractivity contribution in [2.24, 2.45) is 0 Å². The SMILES string of the molecule is C[C@H](NCc1ccccc1)[C@H]1CN(C(=O)OCc2ccccc2)CCO1. The highest BCUT2D eigenvalue weighted by molar-refractivity contribution is 5.67. The number of rotatable bonds is 6. The molecule has 0 bridgehead atoms. The normalized spacial score (nSPS) is 18.3. The van der Waals surface area contributed by atoms with Crippen molar-refractivity contribution in [3.8, 4) is 0 Å². The van der Waals surface area contributed by atoms with Crippen LogP contribution in [0, 0.1) is 0 Å². The van der Waals surface area contributed by atoms with Crippen LogP contribution in [0.1, 0.15) is 18.1 Å². The van der Waals surface area contributed by atoms with Crippen LogP contribution in [0.4, 0.5) is 4.79 Å². The zero-order chi connectivity index (χ0) is 18.2. The minimum atomic E-state index is -0.280. The van der Waals surface area contributed by atoms with Crippen molar-refractivity contribution in [2.75, 3.05) is 19.7 Å². The van der Waals surface area contributed by atoms with Gasteiger partial charge < -0.3 is 19.7 Å². The lowest BCUT2D eigenvalue weighted by Gasteiger charge is -2.35. The van der Waals surface area contributed by atoms with E-state index in [0.29, 0.717) is 26.3 Å². The van der Waals surface area contributed by atoms with E-state index in [1.165, 1.54) is 5.56 Å². The molecule has 1 amide bonds. The van der Waals surface area contributed by atoms with E-state index in [1.807, 2.05) is 48.5 Å². The Bertz CT molecular complexity index is 678. The number of benzene rings is 2. The van der Waals surface area contributed by atoms with Crippen molar-refractivity contribution < 1.29 is 14.3 Å². The molecule has 0 aliphatic carbocycles. The van der Waals surface area contributed by atoms with Crippen LogP contribution < -0.4 is 5.32 Å². The summed E-state index contributed by atoms with van der Waals surface area (Å²) in [6.45, 7) is 4.80. The first-order valence-corrected chi connectivity index (χ1v) is 9.07. The van der Waals surface area contributed by atoms with Gasteiger partial charge in [-0.3, -0.25) is 0 Å². The summed E-state index contributed by atoms with van der Waals surface area (Å²) in [6.07, 6.45) is -0.325. The van der Waals surface area contributed by atoms with Gasteiger partial charge in [0.1, 0.15) is 6.61 Å². The maximum Gasteiger partial charge on any atom is 0.410 e. The molecule has 138 valence electrons. The minimum Gasteiger partial charge on any atom is -0.445 e. The van der Waals surface area contributed by atoms with E-state index in [-0.39, 0.29) is 18.2 Å². The first-order valence-electron chi connectivity index (χ1n) is 9.07. The summed E-state index contributed by atoms with van der Waals surface area (Å²) < 4.78 is 11.3. The van der Waals surface area contributed by atoms with Crippen molar-refractivity contribution in [1.82, 2.24) is 10.2 Å². The first kappa shape index (κ1) is 18.4. The number of hydrogen-bond acceptors (Lipinski definition) is 4. The van der Waals surface area contributed by atoms with Gasteiger partial charge >= 0.3 is 6.09 Å². The molecule has 1 heterocycles. The fourth-order valence-corrected chi connectivity index (χ4v) is 2.96. The van der Waals surface area contributed by atoms with Gasteiger partial charge in [-0.15, -0.1) is 0 Å². The fraction of sp³-hybridized carbons (Fsp3) is 0.381. The van der Waals surface area contributed by atoms with Crippen molar-refractivity contribution in [2.45, 2.75) is 32.2 Å². The molecule has 1 saturated heterocycles. The fourth-order valence-electron chi connectivity index (χ4n) is 2.96. The van der Waals surface area contributed by atoms with Crippen LogP contribution in [0.5, 0.6) is 0 Å². The van der Waals surface area contributed by atoms with Crippen molar-refractivity contribution in [1.29, 1.82) is 0 Å². The van der Waals surface area contributed by atoms with Crippen LogP contribution >= 0.6 is 0 Å². The van der Waals surface area contributed by atoms with Gasteiger partial charge in [0.15, 0.2) is 0 Å². The Morgan fingerprint density at radius 1 is 1.15 bits per heavy atom. The number of nitrogens with one attached hydrogen (secondary N) is 1. The lowest BCUT2D eigenvalue weighted by Crippen LogP contribution is -2.52. The second-order valence-electron chi connectivity index (χ2n) is 6.55. The Labute approximate surface area is 154 Å². The van der Waals surface area contributed by atoms with Crippen LogP contribution in [-0.4, -0.2) is 42.8 Å². The number of ether oxygens (including phenoxy) is 2. The molecule has 5 nitrogen and oxygen atoms in total. The van der Waals surface area contributed by atoms with Crippen LogP contribution in [0.3, 0.4) is 0 Å². The molecular formula is C21H26N2O3. The Kier molecular flexibility index (Phi) is 6.63. The maximum atomic E-state index is 12.3. The monoisotopic (exact) mass is 354 g/mol. The Morgan fingerprint density at radius 3 is 2.50 bits per heavy atom. The summed E-state index contributed by atoms with van der Waals surface area (Å²) in [6, 6.07) is 20.1. The molecular weight excluding hydrogens is 328 g/mol. The van der Waals surface area contributed by atoms with E-state index in [1.54, 1.807) is 4.90 Å². The molecule has 5 heteroatoms. The van der Waals surface area contributed by atoms with Crippen LogP contribution in [0.25, 0.3) is 0 Å². The topological polar surface area (TPSA) is 50.8 Å². The summed E-state index contributed by atoms with van der Waals surface area (Å²) in [7, 11) is 0. The molecule has 2 atom stereocenters. The molecule has 0 aromatic heterocycles. The number of carbonyl (C=O) groups is 1. The Morgan fingerprint density at radius 2 is 1.81 bits per heavy atom. The maximum absolute atomic E-state index is 12.3. The third-order valence-corrected chi connectivity index (χ3v) is 4.59. The summed E-state index contributed by atoms with van der Waals surface area (Å²) >= 11 is 0. The van der Waals surface area contributed by atoms with Crippen LogP contribution in [0.2, 0.25) is 0 Å². The van der Waals surface area contributed by atoms with Gasteiger partial charge in [0, 0.05) is 19.1 Å². The van der Waals surface area contributed by atoms with E-state index in [0.717, 1.165) is 12.1 Å². The van der Waals surface area contributed by atoms with E-state index < -0.39 is 0 Å². The second kappa shape index (κ2) is 9.36. The molecule has 1 N–H and O–H groups in total. The Balaban J connectivity index is 1.46. The lowest BCUT2D eigenvalue weighted by atomic mass is 10.1. The van der Waals surface area contributed by atoms with E-state index in [4.69, 9.17) is 9.47 Å². The highest BCUT2D eigenvalue weighted by Crippen LogP contribution is 2.12. The summed E-state index contributed by atoms with van der Waals surface area (Å²) in [5.41, 5.74) is 2.22. The van der Waals surface area contributed by atoms with Crippen LogP contribution in [-0.2, 0) is 22.6 Å². The highest BCUT2D eigenvalue weighted by atomic mass is 16.6. The largest absolute Gasteiger partial charge is 0.445 e. The summed E-state index contributed by atoms with van der Waals surface area (Å²) in [5, 5.41) is 3.48. The van der Waals surface area contributed by atoms with Gasteiger partial charge in [-0.25, -0.2) is 4.79 Å². The number of morpholine rings is 1. The van der Waals surface area contributed by atoms with E-state index in [2.05, 4.69) is 24.4 Å². The van der Waals surface area contributed by atoms with Gasteiger partial charge in [-0.2, -0.15) is 0 Å². The molecule has 26 heavy (non-hydrogen) atoms. The van der Waals surface area contributed by atoms with Gasteiger partial charge in [0.05, 0.1) is 19.3 Å². The highest BCUT2D eigenvalue weighted by Gasteiger charge is 2.28. The average Bonchev–Trinajstić information content (AvgIpc) is 2.72. The standard InChI is InChI=1S/C21H26N2O3/c1-17(22-14-18-8-4-2-5-9-18)20-15-23(12-13-25-20)21(24)26-16-19-10-6-3-7-11-19/h2-11,17,20,22H,12-16H2,1H3/t17-,20+/m0/s1. The lowest BCUT2D eigenvalue weighted by molar-refractivity contribution is -0.0419. The number of nitrogens with zero attached hydrogens (tertiary/aromatic N) is 1. The van der Waals surface area contributed by atoms with Crippen molar-refractivity contribution in [3.05, 3.63) is 71.8 Å². The quantitative estimate of drug-likeness (QED) is 0.865. The predicted molar refractivity (Wildman–Crippen MR) is 101 cm³/mol. The zero-order valence-corrected chi connectivity index (χ0v) is 15.1. The number of amides is 1. The van der Waals surface area contributed by atoms with E-state index >= 15 is 0 Å². The minimum absolute atomic E-state index is 0.0447. The molecule has 2 aromatic rings. The molecule has 3 rings (SSSR count). The predicted octanol–water partition coefficient (Wildman–Crippen LogP) is 3.20.